The highest BCUT2D eigenvalue weighted by atomic mass is 32.2. The van der Waals surface area contributed by atoms with Crippen molar-refractivity contribution in [2.45, 2.75) is 36.9 Å². The zero-order chi connectivity index (χ0) is 22.7. The fourth-order valence-electron chi connectivity index (χ4n) is 4.77. The minimum atomic E-state index is -3.67. The lowest BCUT2D eigenvalue weighted by Crippen LogP contribution is -2.47. The third-order valence-electron chi connectivity index (χ3n) is 6.68. The second-order valence-electron chi connectivity index (χ2n) is 8.47. The Bertz CT molecular complexity index is 901. The third kappa shape index (κ3) is 4.73. The quantitative estimate of drug-likeness (QED) is 0.627. The molecule has 32 heavy (non-hydrogen) atoms. The van der Waals surface area contributed by atoms with Crippen molar-refractivity contribution in [1.82, 2.24) is 9.21 Å². The first-order valence-electron chi connectivity index (χ1n) is 11.2. The standard InChI is InChI=1S/C22H32N2O7S/c1-28-19-4-3-18(15-20(19)29-2)32(26,27)24-11-7-16(8-12-24)21(25)23-9-5-17(6-10-23)22-30-13-14-31-22/h3-4,15-17,22H,5-14H2,1-2H3. The Kier molecular flexibility index (Phi) is 7.24. The highest BCUT2D eigenvalue weighted by Crippen LogP contribution is 2.33. The van der Waals surface area contributed by atoms with Crippen LogP contribution in [-0.2, 0) is 24.3 Å². The molecule has 0 radical (unpaired) electrons. The average molecular weight is 469 g/mol. The van der Waals surface area contributed by atoms with E-state index in [2.05, 4.69) is 0 Å². The molecule has 0 unspecified atom stereocenters. The van der Waals surface area contributed by atoms with Crippen LogP contribution in [0, 0.1) is 11.8 Å². The molecule has 9 nitrogen and oxygen atoms in total. The van der Waals surface area contributed by atoms with Crippen molar-refractivity contribution in [2.75, 3.05) is 53.6 Å². The molecule has 3 saturated heterocycles. The molecule has 1 aromatic carbocycles. The summed E-state index contributed by atoms with van der Waals surface area (Å²) in [6.45, 7) is 3.36. The van der Waals surface area contributed by atoms with Gasteiger partial charge < -0.3 is 23.8 Å². The molecule has 10 heteroatoms. The number of methoxy groups -OCH3 is 2. The van der Waals surface area contributed by atoms with Crippen LogP contribution >= 0.6 is 0 Å². The van der Waals surface area contributed by atoms with Crippen molar-refractivity contribution in [3.05, 3.63) is 18.2 Å². The Balaban J connectivity index is 1.32. The second kappa shape index (κ2) is 9.94. The van der Waals surface area contributed by atoms with Crippen molar-refractivity contribution < 1.29 is 32.2 Å². The minimum absolute atomic E-state index is 0.128. The summed E-state index contributed by atoms with van der Waals surface area (Å²) in [4.78, 5) is 15.1. The molecule has 0 saturated carbocycles. The highest BCUT2D eigenvalue weighted by molar-refractivity contribution is 7.89. The van der Waals surface area contributed by atoms with Gasteiger partial charge in [-0.2, -0.15) is 4.31 Å². The van der Waals surface area contributed by atoms with Gasteiger partial charge in [-0.05, 0) is 37.8 Å². The zero-order valence-electron chi connectivity index (χ0n) is 18.7. The summed E-state index contributed by atoms with van der Waals surface area (Å²) in [5, 5.41) is 0. The maximum Gasteiger partial charge on any atom is 0.243 e. The fraction of sp³-hybridized carbons (Fsp3) is 0.682. The number of nitrogens with zero attached hydrogens (tertiary/aromatic N) is 2. The van der Waals surface area contributed by atoms with Gasteiger partial charge in [0.25, 0.3) is 0 Å². The van der Waals surface area contributed by atoms with Gasteiger partial charge >= 0.3 is 0 Å². The van der Waals surface area contributed by atoms with E-state index in [0.717, 1.165) is 12.8 Å². The Labute approximate surface area is 189 Å². The molecule has 3 aliphatic heterocycles. The number of benzene rings is 1. The first-order valence-corrected chi connectivity index (χ1v) is 12.6. The summed E-state index contributed by atoms with van der Waals surface area (Å²) >= 11 is 0. The monoisotopic (exact) mass is 468 g/mol. The molecule has 0 aromatic heterocycles. The van der Waals surface area contributed by atoms with E-state index in [0.29, 0.717) is 69.7 Å². The molecule has 0 aliphatic carbocycles. The molecule has 1 amide bonds. The highest BCUT2D eigenvalue weighted by Gasteiger charge is 2.37. The molecule has 1 aromatic rings. The van der Waals surface area contributed by atoms with Gasteiger partial charge in [0.2, 0.25) is 15.9 Å². The smallest absolute Gasteiger partial charge is 0.243 e. The fourth-order valence-corrected chi connectivity index (χ4v) is 6.25. The number of rotatable bonds is 6. The van der Waals surface area contributed by atoms with Crippen LogP contribution in [0.4, 0.5) is 0 Å². The number of ether oxygens (including phenoxy) is 4. The van der Waals surface area contributed by atoms with Crippen LogP contribution in [0.25, 0.3) is 0 Å². The van der Waals surface area contributed by atoms with Crippen LogP contribution < -0.4 is 9.47 Å². The number of likely N-dealkylation sites (tertiary alicyclic amines) is 1. The first kappa shape index (κ1) is 23.3. The molecule has 0 N–H and O–H groups in total. The van der Waals surface area contributed by atoms with Crippen LogP contribution in [0.15, 0.2) is 23.1 Å². The topological polar surface area (TPSA) is 94.6 Å². The molecular formula is C22H32N2O7S. The second-order valence-corrected chi connectivity index (χ2v) is 10.4. The minimum Gasteiger partial charge on any atom is -0.493 e. The van der Waals surface area contributed by atoms with Gasteiger partial charge in [0.1, 0.15) is 0 Å². The van der Waals surface area contributed by atoms with E-state index in [1.54, 1.807) is 6.07 Å². The molecule has 0 bridgehead atoms. The van der Waals surface area contributed by atoms with Gasteiger partial charge in [-0.1, -0.05) is 0 Å². The molecule has 0 spiro atoms. The summed E-state index contributed by atoms with van der Waals surface area (Å²) in [5.74, 6) is 1.19. The number of carbonyl (C=O) groups excluding carboxylic acids is 1. The van der Waals surface area contributed by atoms with E-state index in [1.807, 2.05) is 4.90 Å². The molecule has 0 atom stereocenters. The summed E-state index contributed by atoms with van der Waals surface area (Å²) < 4.78 is 49.3. The molecule has 3 fully saturated rings. The number of hydrogen-bond acceptors (Lipinski definition) is 7. The van der Waals surface area contributed by atoms with E-state index < -0.39 is 10.0 Å². The van der Waals surface area contributed by atoms with Crippen LogP contribution in [-0.4, -0.2) is 83.4 Å². The van der Waals surface area contributed by atoms with Crippen LogP contribution in [0.5, 0.6) is 11.5 Å². The Morgan fingerprint density at radius 3 is 2.16 bits per heavy atom. The number of piperidine rings is 2. The summed E-state index contributed by atoms with van der Waals surface area (Å²) in [7, 11) is -0.685. The van der Waals surface area contributed by atoms with E-state index in [4.69, 9.17) is 18.9 Å². The number of sulfonamides is 1. The van der Waals surface area contributed by atoms with Gasteiger partial charge in [-0.3, -0.25) is 4.79 Å². The number of carbonyl (C=O) groups is 1. The van der Waals surface area contributed by atoms with Crippen molar-refractivity contribution in [3.63, 3.8) is 0 Å². The van der Waals surface area contributed by atoms with Gasteiger partial charge in [0, 0.05) is 44.1 Å². The summed E-state index contributed by atoms with van der Waals surface area (Å²) in [5.41, 5.74) is 0. The molecule has 3 heterocycles. The normalized spacial score (nSPS) is 22.2. The van der Waals surface area contributed by atoms with Crippen LogP contribution in [0.3, 0.4) is 0 Å². The van der Waals surface area contributed by atoms with Crippen molar-refractivity contribution >= 4 is 15.9 Å². The SMILES string of the molecule is COc1ccc(S(=O)(=O)N2CCC(C(=O)N3CCC(C4OCCO4)CC3)CC2)cc1OC. The zero-order valence-corrected chi connectivity index (χ0v) is 19.5. The van der Waals surface area contributed by atoms with Gasteiger partial charge in [0.15, 0.2) is 17.8 Å². The lowest BCUT2D eigenvalue weighted by atomic mass is 9.92. The maximum absolute atomic E-state index is 13.1. The van der Waals surface area contributed by atoms with Crippen molar-refractivity contribution in [1.29, 1.82) is 0 Å². The van der Waals surface area contributed by atoms with Crippen LogP contribution in [0.1, 0.15) is 25.7 Å². The Morgan fingerprint density at radius 1 is 0.938 bits per heavy atom. The van der Waals surface area contributed by atoms with Crippen molar-refractivity contribution in [3.8, 4) is 11.5 Å². The molecule has 3 aliphatic rings. The molecule has 178 valence electrons. The van der Waals surface area contributed by atoms with Gasteiger partial charge in [-0.15, -0.1) is 0 Å². The maximum atomic E-state index is 13.1. The van der Waals surface area contributed by atoms with Gasteiger partial charge in [0.05, 0.1) is 32.3 Å². The lowest BCUT2D eigenvalue weighted by Gasteiger charge is -2.37. The van der Waals surface area contributed by atoms with E-state index in [1.165, 1.54) is 30.7 Å². The van der Waals surface area contributed by atoms with E-state index in [-0.39, 0.29) is 23.0 Å². The predicted octanol–water partition coefficient (Wildman–Crippen LogP) is 1.72. The number of amides is 1. The number of hydrogen-bond donors (Lipinski definition) is 0. The molecular weight excluding hydrogens is 436 g/mol. The first-order chi connectivity index (χ1) is 15.4. The van der Waals surface area contributed by atoms with Gasteiger partial charge in [-0.25, -0.2) is 8.42 Å². The third-order valence-corrected chi connectivity index (χ3v) is 8.57. The largest absolute Gasteiger partial charge is 0.493 e. The summed E-state index contributed by atoms with van der Waals surface area (Å²) in [6, 6.07) is 4.59. The Morgan fingerprint density at radius 2 is 1.56 bits per heavy atom. The average Bonchev–Trinajstić information content (AvgIpc) is 3.38. The van der Waals surface area contributed by atoms with Crippen molar-refractivity contribution in [2.24, 2.45) is 11.8 Å². The van der Waals surface area contributed by atoms with E-state index >= 15 is 0 Å². The van der Waals surface area contributed by atoms with Crippen LogP contribution in [0.2, 0.25) is 0 Å². The lowest BCUT2D eigenvalue weighted by molar-refractivity contribution is -0.142. The predicted molar refractivity (Wildman–Crippen MR) is 116 cm³/mol. The summed E-state index contributed by atoms with van der Waals surface area (Å²) in [6.07, 6.45) is 2.68. The molecule has 4 rings (SSSR count). The Hall–Kier alpha value is -1.88. The van der Waals surface area contributed by atoms with E-state index in [9.17, 15) is 13.2 Å².